The Morgan fingerprint density at radius 3 is 2.07 bits per heavy atom. The summed E-state index contributed by atoms with van der Waals surface area (Å²) in [5.74, 6) is 1.26. The van der Waals surface area contributed by atoms with Gasteiger partial charge in [-0.25, -0.2) is 0 Å². The molecule has 1 aliphatic carbocycles. The monoisotopic (exact) mass is 384 g/mol. The molecule has 1 aromatic rings. The van der Waals surface area contributed by atoms with E-state index in [1.165, 1.54) is 43.2 Å². The van der Waals surface area contributed by atoms with Gasteiger partial charge < -0.3 is 9.80 Å². The summed E-state index contributed by atoms with van der Waals surface area (Å²) in [7, 11) is 0. The van der Waals surface area contributed by atoms with Gasteiger partial charge in [0, 0.05) is 39.0 Å². The molecule has 1 saturated carbocycles. The third-order valence-corrected chi connectivity index (χ3v) is 6.44. The van der Waals surface area contributed by atoms with E-state index in [2.05, 4.69) is 31.2 Å². The maximum atomic E-state index is 12.6. The first-order valence-electron chi connectivity index (χ1n) is 11.2. The molecule has 0 bridgehead atoms. The van der Waals surface area contributed by atoms with Crippen molar-refractivity contribution < 1.29 is 9.59 Å². The molecule has 28 heavy (non-hydrogen) atoms. The fourth-order valence-corrected chi connectivity index (χ4v) is 4.54. The van der Waals surface area contributed by atoms with E-state index in [-0.39, 0.29) is 5.91 Å². The first kappa shape index (κ1) is 20.9. The molecule has 0 atom stereocenters. The van der Waals surface area contributed by atoms with E-state index in [1.54, 1.807) is 0 Å². The van der Waals surface area contributed by atoms with Crippen molar-refractivity contribution in [2.24, 2.45) is 5.92 Å². The van der Waals surface area contributed by atoms with Crippen LogP contribution in [0.2, 0.25) is 0 Å². The van der Waals surface area contributed by atoms with Crippen LogP contribution >= 0.6 is 0 Å². The number of carbonyl (C=O) groups is 2. The van der Waals surface area contributed by atoms with Gasteiger partial charge in [0.2, 0.25) is 11.8 Å². The van der Waals surface area contributed by atoms with E-state index >= 15 is 0 Å². The standard InChI is InChI=1S/C24H36N2O2/c1-20-8-10-22(11-9-20)13-15-24(28)26-17-5-16-25(18-19-26)23(27)14-12-21-6-3-2-4-7-21/h8-11,21H,2-7,12-19H2,1H3. The predicted molar refractivity (Wildman–Crippen MR) is 113 cm³/mol. The molecule has 1 saturated heterocycles. The zero-order valence-electron chi connectivity index (χ0n) is 17.5. The highest BCUT2D eigenvalue weighted by Crippen LogP contribution is 2.27. The molecule has 0 radical (unpaired) electrons. The van der Waals surface area contributed by atoms with Crippen LogP contribution in [0.15, 0.2) is 24.3 Å². The van der Waals surface area contributed by atoms with E-state index in [0.29, 0.717) is 31.8 Å². The number of aryl methyl sites for hydroxylation is 2. The molecule has 1 heterocycles. The molecule has 2 amide bonds. The molecule has 2 fully saturated rings. The van der Waals surface area contributed by atoms with Crippen LogP contribution in [0.4, 0.5) is 0 Å². The Morgan fingerprint density at radius 1 is 0.821 bits per heavy atom. The van der Waals surface area contributed by atoms with Gasteiger partial charge in [0.1, 0.15) is 0 Å². The van der Waals surface area contributed by atoms with Gasteiger partial charge in [-0.15, -0.1) is 0 Å². The van der Waals surface area contributed by atoms with Crippen molar-refractivity contribution in [1.29, 1.82) is 0 Å². The molecule has 154 valence electrons. The number of amides is 2. The van der Waals surface area contributed by atoms with E-state index in [1.807, 2.05) is 9.80 Å². The highest BCUT2D eigenvalue weighted by Gasteiger charge is 2.23. The molecule has 1 aliphatic heterocycles. The van der Waals surface area contributed by atoms with Crippen LogP contribution in [0, 0.1) is 12.8 Å². The molecule has 0 N–H and O–H groups in total. The largest absolute Gasteiger partial charge is 0.341 e. The van der Waals surface area contributed by atoms with Crippen LogP contribution in [0.25, 0.3) is 0 Å². The summed E-state index contributed by atoms with van der Waals surface area (Å²) < 4.78 is 0. The van der Waals surface area contributed by atoms with Crippen LogP contribution in [0.1, 0.15) is 68.9 Å². The highest BCUT2D eigenvalue weighted by molar-refractivity contribution is 5.78. The summed E-state index contributed by atoms with van der Waals surface area (Å²) in [6.07, 6.45) is 10.6. The Balaban J connectivity index is 1.40. The smallest absolute Gasteiger partial charge is 0.222 e. The summed E-state index contributed by atoms with van der Waals surface area (Å²) in [5.41, 5.74) is 2.46. The van der Waals surface area contributed by atoms with Gasteiger partial charge in [0.15, 0.2) is 0 Å². The summed E-state index contributed by atoms with van der Waals surface area (Å²) >= 11 is 0. The Kier molecular flexibility index (Phi) is 7.93. The lowest BCUT2D eigenvalue weighted by molar-refractivity contribution is -0.133. The number of carbonyl (C=O) groups excluding carboxylic acids is 2. The Hall–Kier alpha value is -1.84. The Labute approximate surface area is 170 Å². The first-order valence-corrected chi connectivity index (χ1v) is 11.2. The summed E-state index contributed by atoms with van der Waals surface area (Å²) in [5, 5.41) is 0. The van der Waals surface area contributed by atoms with Crippen LogP contribution in [0.5, 0.6) is 0 Å². The van der Waals surface area contributed by atoms with Gasteiger partial charge in [-0.1, -0.05) is 61.9 Å². The second-order valence-corrected chi connectivity index (χ2v) is 8.64. The van der Waals surface area contributed by atoms with Crippen LogP contribution < -0.4 is 0 Å². The molecule has 4 nitrogen and oxygen atoms in total. The van der Waals surface area contributed by atoms with Gasteiger partial charge in [-0.05, 0) is 37.7 Å². The summed E-state index contributed by atoms with van der Waals surface area (Å²) in [6, 6.07) is 8.42. The molecule has 3 rings (SSSR count). The lowest BCUT2D eigenvalue weighted by Gasteiger charge is -2.24. The quantitative estimate of drug-likeness (QED) is 0.732. The van der Waals surface area contributed by atoms with E-state index in [0.717, 1.165) is 38.3 Å². The molecule has 2 aliphatic rings. The molecule has 0 aromatic heterocycles. The van der Waals surface area contributed by atoms with Gasteiger partial charge >= 0.3 is 0 Å². The molecule has 0 unspecified atom stereocenters. The first-order chi connectivity index (χ1) is 13.6. The van der Waals surface area contributed by atoms with Crippen molar-refractivity contribution in [2.75, 3.05) is 26.2 Å². The molecule has 0 spiro atoms. The second kappa shape index (κ2) is 10.6. The average molecular weight is 385 g/mol. The van der Waals surface area contributed by atoms with Crippen molar-refractivity contribution in [2.45, 2.75) is 71.1 Å². The maximum absolute atomic E-state index is 12.6. The zero-order valence-corrected chi connectivity index (χ0v) is 17.5. The minimum absolute atomic E-state index is 0.220. The third kappa shape index (κ3) is 6.35. The van der Waals surface area contributed by atoms with Gasteiger partial charge in [0.25, 0.3) is 0 Å². The van der Waals surface area contributed by atoms with Crippen molar-refractivity contribution in [3.8, 4) is 0 Å². The van der Waals surface area contributed by atoms with E-state index in [4.69, 9.17) is 0 Å². The Morgan fingerprint density at radius 2 is 1.43 bits per heavy atom. The molecule has 1 aromatic carbocycles. The average Bonchev–Trinajstić information content (AvgIpc) is 2.98. The van der Waals surface area contributed by atoms with Crippen LogP contribution in [-0.4, -0.2) is 47.8 Å². The normalized spacial score (nSPS) is 18.8. The van der Waals surface area contributed by atoms with Crippen molar-refractivity contribution in [1.82, 2.24) is 9.80 Å². The number of hydrogen-bond donors (Lipinski definition) is 0. The lowest BCUT2D eigenvalue weighted by Crippen LogP contribution is -2.37. The topological polar surface area (TPSA) is 40.6 Å². The number of rotatable bonds is 6. The second-order valence-electron chi connectivity index (χ2n) is 8.64. The SMILES string of the molecule is Cc1ccc(CCC(=O)N2CCCN(C(=O)CCC3CCCCC3)CC2)cc1. The molecule has 4 heteroatoms. The van der Waals surface area contributed by atoms with Crippen molar-refractivity contribution >= 4 is 11.8 Å². The minimum Gasteiger partial charge on any atom is -0.341 e. The zero-order chi connectivity index (χ0) is 19.8. The van der Waals surface area contributed by atoms with Gasteiger partial charge in [-0.2, -0.15) is 0 Å². The summed E-state index contributed by atoms with van der Waals surface area (Å²) in [6.45, 7) is 5.03. The predicted octanol–water partition coefficient (Wildman–Crippen LogP) is 4.35. The molecular weight excluding hydrogens is 348 g/mol. The fraction of sp³-hybridized carbons (Fsp3) is 0.667. The summed E-state index contributed by atoms with van der Waals surface area (Å²) in [4.78, 5) is 29.2. The molecular formula is C24H36N2O2. The van der Waals surface area contributed by atoms with Crippen LogP contribution in [0.3, 0.4) is 0 Å². The number of benzene rings is 1. The number of hydrogen-bond acceptors (Lipinski definition) is 2. The van der Waals surface area contributed by atoms with Gasteiger partial charge in [0.05, 0.1) is 0 Å². The Bertz CT molecular complexity index is 635. The number of nitrogens with zero attached hydrogens (tertiary/aromatic N) is 2. The van der Waals surface area contributed by atoms with Crippen molar-refractivity contribution in [3.63, 3.8) is 0 Å². The highest BCUT2D eigenvalue weighted by atomic mass is 16.2. The van der Waals surface area contributed by atoms with Crippen molar-refractivity contribution in [3.05, 3.63) is 35.4 Å². The van der Waals surface area contributed by atoms with Crippen LogP contribution in [-0.2, 0) is 16.0 Å². The lowest BCUT2D eigenvalue weighted by atomic mass is 9.86. The van der Waals surface area contributed by atoms with Gasteiger partial charge in [-0.3, -0.25) is 9.59 Å². The van der Waals surface area contributed by atoms with E-state index in [9.17, 15) is 9.59 Å². The minimum atomic E-state index is 0.220. The fourth-order valence-electron chi connectivity index (χ4n) is 4.54. The van der Waals surface area contributed by atoms with E-state index < -0.39 is 0 Å². The maximum Gasteiger partial charge on any atom is 0.222 e. The third-order valence-electron chi connectivity index (χ3n) is 6.44.